The van der Waals surface area contributed by atoms with E-state index < -0.39 is 0 Å². The Hall–Kier alpha value is -0.610. The Kier molecular flexibility index (Phi) is 9.02. The number of carbonyl (C=O) groups is 1. The zero-order valence-corrected chi connectivity index (χ0v) is 13.4. The highest BCUT2D eigenvalue weighted by Crippen LogP contribution is 2.31. The van der Waals surface area contributed by atoms with Crippen molar-refractivity contribution in [3.05, 3.63) is 0 Å². The van der Waals surface area contributed by atoms with Gasteiger partial charge in [-0.25, -0.2) is 0 Å². The van der Waals surface area contributed by atoms with E-state index >= 15 is 0 Å². The van der Waals surface area contributed by atoms with E-state index in [1.807, 2.05) is 18.7 Å². The smallest absolute Gasteiger partial charge is 0.230 e. The molecule has 0 saturated heterocycles. The summed E-state index contributed by atoms with van der Waals surface area (Å²) in [6.07, 6.45) is 3.71. The molecule has 0 bridgehead atoms. The van der Waals surface area contributed by atoms with Crippen molar-refractivity contribution in [3.63, 3.8) is 0 Å². The normalized spacial score (nSPS) is 11.9. The van der Waals surface area contributed by atoms with Gasteiger partial charge in [0.25, 0.3) is 0 Å². The van der Waals surface area contributed by atoms with Crippen molar-refractivity contribution in [2.75, 3.05) is 26.8 Å². The number of hydrogen-bond donors (Lipinski definition) is 1. The minimum atomic E-state index is -0.387. The van der Waals surface area contributed by atoms with Crippen LogP contribution in [0.4, 0.5) is 0 Å². The lowest BCUT2D eigenvalue weighted by atomic mass is 9.77. The summed E-state index contributed by atoms with van der Waals surface area (Å²) in [5.74, 6) is 0.200. The predicted octanol–water partition coefficient (Wildman–Crippen LogP) is 2.42. The highest BCUT2D eigenvalue weighted by Gasteiger charge is 2.39. The molecule has 0 aliphatic carbocycles. The third-order valence-corrected chi connectivity index (χ3v) is 3.72. The molecule has 4 nitrogen and oxygen atoms in total. The zero-order chi connectivity index (χ0) is 14.9. The molecule has 0 saturated carbocycles. The van der Waals surface area contributed by atoms with Gasteiger partial charge in [-0.3, -0.25) is 4.79 Å². The van der Waals surface area contributed by atoms with Crippen LogP contribution in [-0.4, -0.2) is 43.7 Å². The van der Waals surface area contributed by atoms with E-state index in [-0.39, 0.29) is 17.4 Å². The van der Waals surface area contributed by atoms with Gasteiger partial charge in [0.2, 0.25) is 5.91 Å². The molecular formula is C15H32N2O2. The lowest BCUT2D eigenvalue weighted by Gasteiger charge is -2.38. The fourth-order valence-corrected chi connectivity index (χ4v) is 2.68. The maximum Gasteiger partial charge on any atom is 0.230 e. The Balaban J connectivity index is 5.09. The first kappa shape index (κ1) is 18.4. The van der Waals surface area contributed by atoms with Crippen molar-refractivity contribution in [2.45, 2.75) is 59.4 Å². The summed E-state index contributed by atoms with van der Waals surface area (Å²) in [7, 11) is 1.66. The molecule has 0 aromatic carbocycles. The Morgan fingerprint density at radius 3 is 2.11 bits per heavy atom. The summed E-state index contributed by atoms with van der Waals surface area (Å²) in [6, 6.07) is 0.183. The largest absolute Gasteiger partial charge is 0.383 e. The Morgan fingerprint density at radius 2 is 1.79 bits per heavy atom. The Morgan fingerprint density at radius 1 is 1.26 bits per heavy atom. The van der Waals surface area contributed by atoms with E-state index in [1.165, 1.54) is 0 Å². The maximum absolute atomic E-state index is 12.9. The number of ether oxygens (including phenoxy) is 1. The number of amides is 1. The number of carbonyl (C=O) groups excluding carboxylic acids is 1. The maximum atomic E-state index is 12.9. The van der Waals surface area contributed by atoms with E-state index in [0.29, 0.717) is 19.7 Å². The van der Waals surface area contributed by atoms with Gasteiger partial charge >= 0.3 is 0 Å². The lowest BCUT2D eigenvalue weighted by molar-refractivity contribution is -0.145. The minimum Gasteiger partial charge on any atom is -0.383 e. The molecule has 2 N–H and O–H groups in total. The third-order valence-electron chi connectivity index (χ3n) is 3.72. The monoisotopic (exact) mass is 272 g/mol. The number of methoxy groups -OCH3 is 1. The molecular weight excluding hydrogens is 240 g/mol. The number of rotatable bonds is 10. The molecule has 114 valence electrons. The van der Waals surface area contributed by atoms with E-state index in [4.69, 9.17) is 10.5 Å². The van der Waals surface area contributed by atoms with Crippen LogP contribution in [0.1, 0.15) is 53.4 Å². The molecule has 0 heterocycles. The van der Waals surface area contributed by atoms with E-state index in [2.05, 4.69) is 13.8 Å². The molecule has 0 rings (SSSR count). The first-order valence-electron chi connectivity index (χ1n) is 7.49. The zero-order valence-electron chi connectivity index (χ0n) is 13.4. The number of nitrogens with two attached hydrogens (primary N) is 1. The molecule has 0 radical (unpaired) electrons. The van der Waals surface area contributed by atoms with Crippen LogP contribution in [0.15, 0.2) is 0 Å². The van der Waals surface area contributed by atoms with Crippen molar-refractivity contribution in [1.29, 1.82) is 0 Å². The standard InChI is InChI=1S/C15H32N2O2/c1-6-8-15(12-16,9-7-2)14(18)17(13(3)4)10-11-19-5/h13H,6-12,16H2,1-5H3. The Bertz CT molecular complexity index is 249. The third kappa shape index (κ3) is 5.11. The summed E-state index contributed by atoms with van der Waals surface area (Å²) in [5, 5.41) is 0. The summed E-state index contributed by atoms with van der Waals surface area (Å²) in [4.78, 5) is 14.8. The summed E-state index contributed by atoms with van der Waals surface area (Å²) in [5.41, 5.74) is 5.58. The van der Waals surface area contributed by atoms with Gasteiger partial charge in [-0.2, -0.15) is 0 Å². The molecule has 0 fully saturated rings. The second-order valence-corrected chi connectivity index (χ2v) is 5.57. The average Bonchev–Trinajstić information content (AvgIpc) is 2.38. The van der Waals surface area contributed by atoms with Crippen LogP contribution in [0.25, 0.3) is 0 Å². The van der Waals surface area contributed by atoms with Crippen LogP contribution < -0.4 is 5.73 Å². The molecule has 0 spiro atoms. The van der Waals surface area contributed by atoms with Gasteiger partial charge in [0.05, 0.1) is 12.0 Å². The molecule has 4 heteroatoms. The molecule has 0 unspecified atom stereocenters. The van der Waals surface area contributed by atoms with Crippen molar-refractivity contribution in [2.24, 2.45) is 11.1 Å². The van der Waals surface area contributed by atoms with Gasteiger partial charge in [-0.15, -0.1) is 0 Å². The van der Waals surface area contributed by atoms with Gasteiger partial charge in [0, 0.05) is 26.2 Å². The van der Waals surface area contributed by atoms with Crippen LogP contribution in [0, 0.1) is 5.41 Å². The Labute approximate surface area is 118 Å². The van der Waals surface area contributed by atoms with Gasteiger partial charge in [-0.05, 0) is 26.7 Å². The SMILES string of the molecule is CCCC(CN)(CCC)C(=O)N(CCOC)C(C)C. The minimum absolute atomic E-state index is 0.183. The molecule has 0 aromatic heterocycles. The van der Waals surface area contributed by atoms with Gasteiger partial charge in [0.15, 0.2) is 0 Å². The van der Waals surface area contributed by atoms with Crippen molar-refractivity contribution >= 4 is 5.91 Å². The van der Waals surface area contributed by atoms with Crippen molar-refractivity contribution < 1.29 is 9.53 Å². The summed E-state index contributed by atoms with van der Waals surface area (Å²) in [6.45, 7) is 9.97. The quantitative estimate of drug-likeness (QED) is 0.664. The van der Waals surface area contributed by atoms with E-state index in [0.717, 1.165) is 25.7 Å². The highest BCUT2D eigenvalue weighted by molar-refractivity contribution is 5.83. The molecule has 0 aromatic rings. The van der Waals surface area contributed by atoms with Crippen LogP contribution in [0.3, 0.4) is 0 Å². The van der Waals surface area contributed by atoms with E-state index in [1.54, 1.807) is 7.11 Å². The lowest BCUT2D eigenvalue weighted by Crippen LogP contribution is -2.51. The second kappa shape index (κ2) is 9.32. The molecule has 0 aliphatic rings. The topological polar surface area (TPSA) is 55.6 Å². The summed E-state index contributed by atoms with van der Waals surface area (Å²) >= 11 is 0. The molecule has 1 amide bonds. The molecule has 0 atom stereocenters. The highest BCUT2D eigenvalue weighted by atomic mass is 16.5. The molecule has 19 heavy (non-hydrogen) atoms. The van der Waals surface area contributed by atoms with Crippen LogP contribution in [0.2, 0.25) is 0 Å². The van der Waals surface area contributed by atoms with Crippen molar-refractivity contribution in [1.82, 2.24) is 4.90 Å². The van der Waals surface area contributed by atoms with Crippen LogP contribution in [-0.2, 0) is 9.53 Å². The van der Waals surface area contributed by atoms with Gasteiger partial charge in [-0.1, -0.05) is 26.7 Å². The second-order valence-electron chi connectivity index (χ2n) is 5.57. The van der Waals surface area contributed by atoms with Crippen molar-refractivity contribution in [3.8, 4) is 0 Å². The van der Waals surface area contributed by atoms with Crippen LogP contribution >= 0.6 is 0 Å². The van der Waals surface area contributed by atoms with Gasteiger partial charge in [0.1, 0.15) is 0 Å². The number of nitrogens with zero attached hydrogens (tertiary/aromatic N) is 1. The average molecular weight is 272 g/mol. The first-order valence-corrected chi connectivity index (χ1v) is 7.49. The number of hydrogen-bond acceptors (Lipinski definition) is 3. The van der Waals surface area contributed by atoms with Gasteiger partial charge < -0.3 is 15.4 Å². The fourth-order valence-electron chi connectivity index (χ4n) is 2.68. The first-order chi connectivity index (χ1) is 8.98. The fraction of sp³-hybridized carbons (Fsp3) is 0.933. The summed E-state index contributed by atoms with van der Waals surface area (Å²) < 4.78 is 5.11. The molecule has 0 aliphatic heterocycles. The predicted molar refractivity (Wildman–Crippen MR) is 80.0 cm³/mol. The van der Waals surface area contributed by atoms with E-state index in [9.17, 15) is 4.79 Å². The van der Waals surface area contributed by atoms with Crippen LogP contribution in [0.5, 0.6) is 0 Å².